The Hall–Kier alpha value is -2.44. The summed E-state index contributed by atoms with van der Waals surface area (Å²) in [5, 5.41) is 2.06. The molecule has 41 heavy (non-hydrogen) atoms. The molecule has 2 aromatic rings. The zero-order valence-corrected chi connectivity index (χ0v) is 24.3. The maximum Gasteiger partial charge on any atom is 0.238 e. The first-order chi connectivity index (χ1) is 19.3. The van der Waals surface area contributed by atoms with Crippen LogP contribution < -0.4 is 10.0 Å². The first-order valence-corrected chi connectivity index (χ1v) is 15.6. The molecule has 5 rings (SSSR count). The minimum Gasteiger partial charge on any atom is -0.380 e. The molecule has 226 valence electrons. The largest absolute Gasteiger partial charge is 0.380 e. The standard InChI is InChI=1S/C29H37F5N4O2S/c1-17-9-18-10-19(36-41(39,40)26-13-23(26)31)5-6-22(18)28(38(17)16-29(2,3)34)27-24(32)11-20(12-25(27)33)35-21-14-37(15-21)8-4-7-30/h5-6,10-12,17,21,23,26,28,35-36H,4,7-9,13-16H2,1-3H3/t17-,23?,26?,28+/m1/s1. The number of hydrogen-bond acceptors (Lipinski definition) is 5. The molecule has 1 saturated carbocycles. The summed E-state index contributed by atoms with van der Waals surface area (Å²) >= 11 is 0. The molecule has 2 fully saturated rings. The Morgan fingerprint density at radius 1 is 1.07 bits per heavy atom. The number of nitrogens with zero attached hydrogens (tertiary/aromatic N) is 2. The summed E-state index contributed by atoms with van der Waals surface area (Å²) in [7, 11) is -3.90. The minimum absolute atomic E-state index is 0.0101. The predicted octanol–water partition coefficient (Wildman–Crippen LogP) is 5.36. The van der Waals surface area contributed by atoms with Crippen molar-refractivity contribution < 1.29 is 30.4 Å². The van der Waals surface area contributed by atoms with E-state index in [1.165, 1.54) is 32.0 Å². The average Bonchev–Trinajstić information content (AvgIpc) is 3.58. The molecule has 0 spiro atoms. The fourth-order valence-electron chi connectivity index (χ4n) is 5.98. The number of benzene rings is 2. The molecule has 1 aliphatic carbocycles. The Balaban J connectivity index is 1.45. The first-order valence-electron chi connectivity index (χ1n) is 14.0. The Kier molecular flexibility index (Phi) is 8.30. The van der Waals surface area contributed by atoms with Gasteiger partial charge >= 0.3 is 0 Å². The lowest BCUT2D eigenvalue weighted by Crippen LogP contribution is -2.54. The van der Waals surface area contributed by atoms with E-state index in [4.69, 9.17) is 0 Å². The molecular formula is C29H37F5N4O2S. The van der Waals surface area contributed by atoms with Gasteiger partial charge in [0, 0.05) is 55.6 Å². The second kappa shape index (κ2) is 11.3. The van der Waals surface area contributed by atoms with Crippen LogP contribution in [-0.4, -0.2) is 80.2 Å². The molecule has 0 amide bonds. The molecule has 0 radical (unpaired) electrons. The summed E-state index contributed by atoms with van der Waals surface area (Å²) in [5.74, 6) is -1.55. The summed E-state index contributed by atoms with van der Waals surface area (Å²) in [4.78, 5) is 3.80. The Morgan fingerprint density at radius 2 is 1.73 bits per heavy atom. The Labute approximate surface area is 238 Å². The van der Waals surface area contributed by atoms with E-state index in [0.29, 0.717) is 43.6 Å². The molecule has 6 nitrogen and oxygen atoms in total. The van der Waals surface area contributed by atoms with Crippen LogP contribution >= 0.6 is 0 Å². The maximum absolute atomic E-state index is 15.8. The number of sulfonamides is 1. The third kappa shape index (κ3) is 6.64. The van der Waals surface area contributed by atoms with Gasteiger partial charge in [-0.2, -0.15) is 0 Å². The quantitative estimate of drug-likeness (QED) is 0.341. The van der Waals surface area contributed by atoms with Crippen LogP contribution in [0.2, 0.25) is 0 Å². The molecule has 2 aromatic carbocycles. The average molecular weight is 601 g/mol. The van der Waals surface area contributed by atoms with Crippen LogP contribution in [0, 0.1) is 11.6 Å². The lowest BCUT2D eigenvalue weighted by molar-refractivity contribution is 0.0653. The van der Waals surface area contributed by atoms with E-state index in [2.05, 4.69) is 14.9 Å². The van der Waals surface area contributed by atoms with Crippen LogP contribution in [0.4, 0.5) is 33.3 Å². The third-order valence-corrected chi connectivity index (χ3v) is 9.82. The predicted molar refractivity (Wildman–Crippen MR) is 150 cm³/mol. The van der Waals surface area contributed by atoms with E-state index in [1.807, 2.05) is 6.92 Å². The number of likely N-dealkylation sites (tertiary alicyclic amines) is 1. The molecule has 0 bridgehead atoms. The topological polar surface area (TPSA) is 64.7 Å². The van der Waals surface area contributed by atoms with Crippen molar-refractivity contribution in [3.63, 3.8) is 0 Å². The van der Waals surface area contributed by atoms with Crippen LogP contribution in [0.15, 0.2) is 30.3 Å². The third-order valence-electron chi connectivity index (χ3n) is 8.01. The first kappa shape index (κ1) is 30.0. The number of halogens is 5. The fourth-order valence-corrected chi connectivity index (χ4v) is 7.41. The monoisotopic (exact) mass is 600 g/mol. The molecule has 4 atom stereocenters. The van der Waals surface area contributed by atoms with Crippen LogP contribution in [0.3, 0.4) is 0 Å². The zero-order valence-electron chi connectivity index (χ0n) is 23.4. The van der Waals surface area contributed by atoms with Gasteiger partial charge in [0.2, 0.25) is 10.0 Å². The highest BCUT2D eigenvalue weighted by Crippen LogP contribution is 2.43. The van der Waals surface area contributed by atoms with Crippen LogP contribution in [0.1, 0.15) is 56.3 Å². The van der Waals surface area contributed by atoms with Crippen molar-refractivity contribution in [2.45, 2.75) is 75.2 Å². The van der Waals surface area contributed by atoms with Gasteiger partial charge in [0.15, 0.2) is 0 Å². The highest BCUT2D eigenvalue weighted by Gasteiger charge is 2.48. The van der Waals surface area contributed by atoms with E-state index in [0.717, 1.165) is 0 Å². The summed E-state index contributed by atoms with van der Waals surface area (Å²) < 4.78 is 99.8. The number of anilines is 2. The van der Waals surface area contributed by atoms with Crippen molar-refractivity contribution in [3.05, 3.63) is 58.7 Å². The lowest BCUT2D eigenvalue weighted by atomic mass is 9.83. The van der Waals surface area contributed by atoms with Gasteiger partial charge in [-0.05, 0) is 69.0 Å². The molecule has 1 saturated heterocycles. The zero-order chi connectivity index (χ0) is 29.7. The van der Waals surface area contributed by atoms with Gasteiger partial charge in [0.25, 0.3) is 0 Å². The molecule has 0 aromatic heterocycles. The second-order valence-corrected chi connectivity index (χ2v) is 14.1. The number of hydrogen-bond donors (Lipinski definition) is 2. The van der Waals surface area contributed by atoms with Gasteiger partial charge in [-0.15, -0.1) is 0 Å². The van der Waals surface area contributed by atoms with E-state index >= 15 is 8.78 Å². The normalized spacial score (nSPS) is 25.5. The van der Waals surface area contributed by atoms with E-state index in [-0.39, 0.29) is 48.7 Å². The summed E-state index contributed by atoms with van der Waals surface area (Å²) in [6.45, 7) is 6.13. The van der Waals surface area contributed by atoms with Gasteiger partial charge in [0.05, 0.1) is 18.8 Å². The SMILES string of the molecule is C[C@@H]1Cc2cc(NS(=O)(=O)C3CC3F)ccc2[C@@H](c2c(F)cc(NC3CN(CCCF)C3)cc2F)N1CC(C)(C)F. The highest BCUT2D eigenvalue weighted by atomic mass is 32.2. The Bertz CT molecular complexity index is 1360. The van der Waals surface area contributed by atoms with Crippen LogP contribution in [0.5, 0.6) is 0 Å². The molecule has 2 heterocycles. The van der Waals surface area contributed by atoms with Gasteiger partial charge in [-0.25, -0.2) is 26.0 Å². The molecule has 2 aliphatic heterocycles. The number of rotatable bonds is 11. The van der Waals surface area contributed by atoms with Crippen LogP contribution in [0.25, 0.3) is 0 Å². The molecule has 2 unspecified atom stereocenters. The second-order valence-electron chi connectivity index (χ2n) is 12.2. The fraction of sp³-hybridized carbons (Fsp3) is 0.586. The van der Waals surface area contributed by atoms with Gasteiger partial charge in [0.1, 0.15) is 28.7 Å². The Morgan fingerprint density at radius 3 is 2.32 bits per heavy atom. The maximum atomic E-state index is 15.8. The molecule has 12 heteroatoms. The number of alkyl halides is 3. The van der Waals surface area contributed by atoms with E-state index < -0.39 is 44.8 Å². The van der Waals surface area contributed by atoms with E-state index in [9.17, 15) is 21.6 Å². The summed E-state index contributed by atoms with van der Waals surface area (Å²) in [6.07, 6.45) is -0.588. The van der Waals surface area contributed by atoms with Crippen molar-refractivity contribution in [1.82, 2.24) is 9.80 Å². The van der Waals surface area contributed by atoms with Crippen LogP contribution in [-0.2, 0) is 16.4 Å². The molecule has 2 N–H and O–H groups in total. The van der Waals surface area contributed by atoms with E-state index in [1.54, 1.807) is 17.0 Å². The van der Waals surface area contributed by atoms with Gasteiger partial charge in [-0.1, -0.05) is 6.07 Å². The van der Waals surface area contributed by atoms with Crippen molar-refractivity contribution in [2.75, 3.05) is 42.9 Å². The highest BCUT2D eigenvalue weighted by molar-refractivity contribution is 7.93. The summed E-state index contributed by atoms with van der Waals surface area (Å²) in [5.41, 5.74) is -0.110. The van der Waals surface area contributed by atoms with Crippen molar-refractivity contribution in [2.24, 2.45) is 0 Å². The van der Waals surface area contributed by atoms with Gasteiger partial charge < -0.3 is 5.32 Å². The van der Waals surface area contributed by atoms with Gasteiger partial charge in [-0.3, -0.25) is 18.9 Å². The molecule has 3 aliphatic rings. The van der Waals surface area contributed by atoms with Crippen molar-refractivity contribution in [3.8, 4) is 0 Å². The summed E-state index contributed by atoms with van der Waals surface area (Å²) in [6, 6.07) is 5.90. The lowest BCUT2D eigenvalue weighted by Gasteiger charge is -2.44. The van der Waals surface area contributed by atoms with Crippen molar-refractivity contribution >= 4 is 21.4 Å². The number of fused-ring (bicyclic) bond motifs is 1. The molecular weight excluding hydrogens is 563 g/mol. The smallest absolute Gasteiger partial charge is 0.238 e. The van der Waals surface area contributed by atoms with Crippen molar-refractivity contribution in [1.29, 1.82) is 0 Å². The number of nitrogens with one attached hydrogen (secondary N) is 2. The minimum atomic E-state index is -3.90.